The highest BCUT2D eigenvalue weighted by Gasteiger charge is 2.19. The van der Waals surface area contributed by atoms with Crippen molar-refractivity contribution < 1.29 is 18.7 Å². The quantitative estimate of drug-likeness (QED) is 0.798. The normalized spacial score (nSPS) is 10.5. The first-order valence-electron chi connectivity index (χ1n) is 5.28. The second-order valence-corrected chi connectivity index (χ2v) is 4.51. The second-order valence-electron chi connectivity index (χ2n) is 3.65. The number of hydrogen-bond donors (Lipinski definition) is 0. The van der Waals surface area contributed by atoms with Crippen molar-refractivity contribution in [2.24, 2.45) is 0 Å². The highest BCUT2D eigenvalue weighted by atomic mass is 79.9. The van der Waals surface area contributed by atoms with Gasteiger partial charge in [-0.3, -0.25) is 0 Å². The van der Waals surface area contributed by atoms with E-state index in [9.17, 15) is 9.18 Å². The molecule has 94 valence electrons. The van der Waals surface area contributed by atoms with E-state index in [0.29, 0.717) is 10.2 Å². The van der Waals surface area contributed by atoms with Crippen molar-refractivity contribution in [1.29, 1.82) is 0 Å². The Labute approximate surface area is 108 Å². The molecule has 0 aliphatic heterocycles. The molecule has 5 heteroatoms. The fraction of sp³-hybridized carbons (Fsp3) is 0.417. The zero-order valence-corrected chi connectivity index (χ0v) is 11.5. The molecule has 1 aromatic carbocycles. The van der Waals surface area contributed by atoms with Gasteiger partial charge in [-0.2, -0.15) is 0 Å². The number of ether oxygens (including phenoxy) is 2. The maximum Gasteiger partial charge on any atom is 0.342 e. The molecule has 17 heavy (non-hydrogen) atoms. The molecule has 0 N–H and O–H groups in total. The predicted molar refractivity (Wildman–Crippen MR) is 65.8 cm³/mol. The summed E-state index contributed by atoms with van der Waals surface area (Å²) >= 11 is 3.17. The van der Waals surface area contributed by atoms with E-state index < -0.39 is 11.8 Å². The Bertz CT molecular complexity index is 418. The molecule has 0 radical (unpaired) electrons. The third-order valence-electron chi connectivity index (χ3n) is 1.86. The van der Waals surface area contributed by atoms with Gasteiger partial charge in [-0.1, -0.05) is 0 Å². The number of halogens is 2. The first-order chi connectivity index (χ1) is 7.95. The van der Waals surface area contributed by atoms with Crippen LogP contribution >= 0.6 is 15.9 Å². The molecule has 0 spiro atoms. The number of benzene rings is 1. The average Bonchev–Trinajstić information content (AvgIpc) is 2.21. The summed E-state index contributed by atoms with van der Waals surface area (Å²) in [6.45, 7) is 5.57. The highest BCUT2D eigenvalue weighted by Crippen LogP contribution is 2.31. The first-order valence-corrected chi connectivity index (χ1v) is 6.07. The lowest BCUT2D eigenvalue weighted by Gasteiger charge is -2.15. The van der Waals surface area contributed by atoms with Gasteiger partial charge in [0.2, 0.25) is 0 Å². The monoisotopic (exact) mass is 304 g/mol. The van der Waals surface area contributed by atoms with Gasteiger partial charge in [-0.25, -0.2) is 9.18 Å². The standard InChI is InChI=1S/C12H14BrFO3/c1-4-16-12(15)9-5-8(14)6-10(13)11(9)17-7(2)3/h5-7H,4H2,1-3H3. The van der Waals surface area contributed by atoms with Crippen LogP contribution < -0.4 is 4.74 Å². The van der Waals surface area contributed by atoms with E-state index in [1.807, 2.05) is 13.8 Å². The summed E-state index contributed by atoms with van der Waals surface area (Å²) in [6.07, 6.45) is -0.120. The van der Waals surface area contributed by atoms with Crippen molar-refractivity contribution in [3.8, 4) is 5.75 Å². The van der Waals surface area contributed by atoms with Crippen molar-refractivity contribution in [2.75, 3.05) is 6.61 Å². The Morgan fingerprint density at radius 3 is 2.65 bits per heavy atom. The molecule has 0 heterocycles. The molecule has 0 aliphatic carbocycles. The summed E-state index contributed by atoms with van der Waals surface area (Å²) in [6, 6.07) is 2.36. The van der Waals surface area contributed by atoms with Gasteiger partial charge in [0.15, 0.2) is 0 Å². The number of carbonyl (C=O) groups is 1. The van der Waals surface area contributed by atoms with Gasteiger partial charge in [0.25, 0.3) is 0 Å². The SMILES string of the molecule is CCOC(=O)c1cc(F)cc(Br)c1OC(C)C. The van der Waals surface area contributed by atoms with Gasteiger partial charge in [0, 0.05) is 0 Å². The lowest BCUT2D eigenvalue weighted by molar-refractivity contribution is 0.0519. The number of carbonyl (C=O) groups excluding carboxylic acids is 1. The number of hydrogen-bond acceptors (Lipinski definition) is 3. The van der Waals surface area contributed by atoms with E-state index in [1.165, 1.54) is 6.07 Å². The topological polar surface area (TPSA) is 35.5 Å². The molecule has 0 saturated carbocycles. The van der Waals surface area contributed by atoms with Gasteiger partial charge >= 0.3 is 5.97 Å². The third kappa shape index (κ3) is 3.70. The van der Waals surface area contributed by atoms with Crippen molar-refractivity contribution in [3.05, 3.63) is 28.0 Å². The van der Waals surface area contributed by atoms with Crippen LogP contribution in [0.3, 0.4) is 0 Å². The lowest BCUT2D eigenvalue weighted by atomic mass is 10.2. The summed E-state index contributed by atoms with van der Waals surface area (Å²) in [4.78, 5) is 11.7. The Morgan fingerprint density at radius 2 is 2.12 bits per heavy atom. The Kier molecular flexibility index (Phi) is 4.93. The van der Waals surface area contributed by atoms with Crippen LogP contribution in [0, 0.1) is 5.82 Å². The summed E-state index contributed by atoms with van der Waals surface area (Å²) in [7, 11) is 0. The van der Waals surface area contributed by atoms with Gasteiger partial charge in [-0.05, 0) is 48.8 Å². The fourth-order valence-electron chi connectivity index (χ4n) is 1.28. The molecule has 0 amide bonds. The summed E-state index contributed by atoms with van der Waals surface area (Å²) < 4.78 is 24.0. The van der Waals surface area contributed by atoms with Crippen molar-refractivity contribution in [3.63, 3.8) is 0 Å². The molecule has 1 rings (SSSR count). The minimum atomic E-state index is -0.594. The van der Waals surface area contributed by atoms with Crippen molar-refractivity contribution >= 4 is 21.9 Å². The van der Waals surface area contributed by atoms with Crippen LogP contribution in [0.1, 0.15) is 31.1 Å². The molecular formula is C12H14BrFO3. The molecule has 0 unspecified atom stereocenters. The molecule has 0 saturated heterocycles. The predicted octanol–water partition coefficient (Wildman–Crippen LogP) is 3.55. The van der Waals surface area contributed by atoms with Crippen LogP contribution in [-0.2, 0) is 4.74 Å². The zero-order chi connectivity index (χ0) is 13.0. The van der Waals surface area contributed by atoms with E-state index in [-0.39, 0.29) is 18.3 Å². The Hall–Kier alpha value is -1.10. The van der Waals surface area contributed by atoms with Crippen LogP contribution in [0.2, 0.25) is 0 Å². The van der Waals surface area contributed by atoms with E-state index in [4.69, 9.17) is 9.47 Å². The van der Waals surface area contributed by atoms with Gasteiger partial charge in [-0.15, -0.1) is 0 Å². The minimum Gasteiger partial charge on any atom is -0.489 e. The minimum absolute atomic E-state index is 0.0902. The van der Waals surface area contributed by atoms with E-state index in [2.05, 4.69) is 15.9 Å². The van der Waals surface area contributed by atoms with Crippen molar-refractivity contribution in [2.45, 2.75) is 26.9 Å². The van der Waals surface area contributed by atoms with Crippen LogP contribution in [-0.4, -0.2) is 18.7 Å². The molecule has 0 bridgehead atoms. The van der Waals surface area contributed by atoms with Crippen LogP contribution in [0.5, 0.6) is 5.75 Å². The van der Waals surface area contributed by atoms with Gasteiger partial charge in [0.1, 0.15) is 17.1 Å². The van der Waals surface area contributed by atoms with Gasteiger partial charge in [0.05, 0.1) is 17.2 Å². The smallest absolute Gasteiger partial charge is 0.342 e. The molecule has 0 fully saturated rings. The van der Waals surface area contributed by atoms with E-state index in [0.717, 1.165) is 6.07 Å². The van der Waals surface area contributed by atoms with E-state index in [1.54, 1.807) is 6.92 Å². The molecule has 1 aromatic rings. The number of esters is 1. The first kappa shape index (κ1) is 14.0. The maximum absolute atomic E-state index is 13.3. The average molecular weight is 305 g/mol. The number of rotatable bonds is 4. The Balaban J connectivity index is 3.19. The molecule has 0 atom stereocenters. The summed E-state index contributed by atoms with van der Waals surface area (Å²) in [5, 5.41) is 0. The van der Waals surface area contributed by atoms with Crippen molar-refractivity contribution in [1.82, 2.24) is 0 Å². The molecule has 3 nitrogen and oxygen atoms in total. The van der Waals surface area contributed by atoms with Crippen LogP contribution in [0.25, 0.3) is 0 Å². The molecule has 0 aliphatic rings. The third-order valence-corrected chi connectivity index (χ3v) is 2.45. The summed E-state index contributed by atoms with van der Waals surface area (Å²) in [5.74, 6) is -0.806. The van der Waals surface area contributed by atoms with Gasteiger partial charge < -0.3 is 9.47 Å². The largest absolute Gasteiger partial charge is 0.489 e. The zero-order valence-electron chi connectivity index (χ0n) is 9.92. The summed E-state index contributed by atoms with van der Waals surface area (Å²) in [5.41, 5.74) is 0.0902. The highest BCUT2D eigenvalue weighted by molar-refractivity contribution is 9.10. The van der Waals surface area contributed by atoms with E-state index >= 15 is 0 Å². The lowest BCUT2D eigenvalue weighted by Crippen LogP contribution is -2.13. The molecule has 0 aromatic heterocycles. The molecular weight excluding hydrogens is 291 g/mol. The van der Waals surface area contributed by atoms with Crippen LogP contribution in [0.15, 0.2) is 16.6 Å². The second kappa shape index (κ2) is 6.00. The van der Waals surface area contributed by atoms with Crippen LogP contribution in [0.4, 0.5) is 4.39 Å². The fourth-order valence-corrected chi connectivity index (χ4v) is 1.80. The maximum atomic E-state index is 13.3. The Morgan fingerprint density at radius 1 is 1.47 bits per heavy atom.